The predicted octanol–water partition coefficient (Wildman–Crippen LogP) is 0.577. The van der Waals surface area contributed by atoms with Crippen LogP contribution in [-0.2, 0) is 19.1 Å². The molecule has 0 aromatic rings. The van der Waals surface area contributed by atoms with Gasteiger partial charge in [0.15, 0.2) is 0 Å². The number of carbonyl (C=O) groups is 2. The zero-order valence-corrected chi connectivity index (χ0v) is 9.90. The van der Waals surface area contributed by atoms with E-state index in [4.69, 9.17) is 4.74 Å². The van der Waals surface area contributed by atoms with Crippen LogP contribution in [-0.4, -0.2) is 49.2 Å². The highest BCUT2D eigenvalue weighted by atomic mass is 16.5. The molecule has 0 aliphatic carbocycles. The highest BCUT2D eigenvalue weighted by Gasteiger charge is 2.26. The predicted molar refractivity (Wildman–Crippen MR) is 57.9 cm³/mol. The van der Waals surface area contributed by atoms with E-state index < -0.39 is 11.9 Å². The van der Waals surface area contributed by atoms with E-state index in [1.807, 2.05) is 6.92 Å². The lowest BCUT2D eigenvalue weighted by Gasteiger charge is -2.22. The molecular formula is C11H19NO4. The standard InChI is InChI=1S/C11H19NO4/c1-3-12(8-9-6-5-7-16-9)10(13)11(14)15-4-2/h9H,3-8H2,1-2H3. The van der Waals surface area contributed by atoms with Crippen molar-refractivity contribution < 1.29 is 19.1 Å². The maximum atomic E-state index is 11.6. The van der Waals surface area contributed by atoms with Gasteiger partial charge in [0.1, 0.15) is 0 Å². The summed E-state index contributed by atoms with van der Waals surface area (Å²) in [6.45, 7) is 5.47. The summed E-state index contributed by atoms with van der Waals surface area (Å²) in [5.74, 6) is -1.35. The van der Waals surface area contributed by atoms with Crippen molar-refractivity contribution in [3.63, 3.8) is 0 Å². The Morgan fingerprint density at radius 3 is 2.69 bits per heavy atom. The Hall–Kier alpha value is -1.10. The number of nitrogens with zero attached hydrogens (tertiary/aromatic N) is 1. The van der Waals surface area contributed by atoms with Gasteiger partial charge in [-0.15, -0.1) is 0 Å². The van der Waals surface area contributed by atoms with Crippen molar-refractivity contribution >= 4 is 11.9 Å². The molecular weight excluding hydrogens is 210 g/mol. The van der Waals surface area contributed by atoms with Crippen LogP contribution in [0.5, 0.6) is 0 Å². The maximum Gasteiger partial charge on any atom is 0.397 e. The molecule has 0 aromatic carbocycles. The van der Waals surface area contributed by atoms with Gasteiger partial charge in [0.05, 0.1) is 12.7 Å². The maximum absolute atomic E-state index is 11.6. The SMILES string of the molecule is CCOC(=O)C(=O)N(CC)CC1CCCO1. The van der Waals surface area contributed by atoms with Crippen molar-refractivity contribution in [1.82, 2.24) is 4.90 Å². The molecule has 0 spiro atoms. The topological polar surface area (TPSA) is 55.8 Å². The molecule has 0 bridgehead atoms. The Labute approximate surface area is 95.7 Å². The van der Waals surface area contributed by atoms with Crippen LogP contribution in [0.2, 0.25) is 0 Å². The minimum absolute atomic E-state index is 0.0679. The first kappa shape index (κ1) is 13.0. The number of ether oxygens (including phenoxy) is 2. The van der Waals surface area contributed by atoms with E-state index in [-0.39, 0.29) is 12.7 Å². The summed E-state index contributed by atoms with van der Waals surface area (Å²) < 4.78 is 10.1. The molecule has 1 aliphatic heterocycles. The lowest BCUT2D eigenvalue weighted by atomic mass is 10.2. The van der Waals surface area contributed by atoms with Crippen LogP contribution >= 0.6 is 0 Å². The fourth-order valence-electron chi connectivity index (χ4n) is 1.71. The number of likely N-dealkylation sites (N-methyl/N-ethyl adjacent to an activating group) is 1. The highest BCUT2D eigenvalue weighted by molar-refractivity contribution is 6.32. The first-order chi connectivity index (χ1) is 7.69. The lowest BCUT2D eigenvalue weighted by molar-refractivity contribution is -0.160. The highest BCUT2D eigenvalue weighted by Crippen LogP contribution is 2.13. The average Bonchev–Trinajstić information content (AvgIpc) is 2.78. The lowest BCUT2D eigenvalue weighted by Crippen LogP contribution is -2.41. The van der Waals surface area contributed by atoms with Gasteiger partial charge in [-0.3, -0.25) is 4.79 Å². The molecule has 1 fully saturated rings. The van der Waals surface area contributed by atoms with Crippen molar-refractivity contribution in [3.05, 3.63) is 0 Å². The first-order valence-corrected chi connectivity index (χ1v) is 5.76. The van der Waals surface area contributed by atoms with Gasteiger partial charge >= 0.3 is 11.9 Å². The Bertz CT molecular complexity index is 248. The smallest absolute Gasteiger partial charge is 0.397 e. The third kappa shape index (κ3) is 3.48. The molecule has 1 atom stereocenters. The molecule has 1 saturated heterocycles. The van der Waals surface area contributed by atoms with E-state index in [0.717, 1.165) is 19.4 Å². The van der Waals surface area contributed by atoms with Crippen LogP contribution in [0.25, 0.3) is 0 Å². The summed E-state index contributed by atoms with van der Waals surface area (Å²) in [5, 5.41) is 0. The molecule has 0 aromatic heterocycles. The molecule has 1 rings (SSSR count). The van der Waals surface area contributed by atoms with Gasteiger partial charge in [0, 0.05) is 19.7 Å². The summed E-state index contributed by atoms with van der Waals surface area (Å²) >= 11 is 0. The molecule has 1 aliphatic rings. The van der Waals surface area contributed by atoms with Crippen molar-refractivity contribution in [2.75, 3.05) is 26.3 Å². The third-order valence-electron chi connectivity index (χ3n) is 2.57. The number of esters is 1. The number of amides is 1. The second kappa shape index (κ2) is 6.48. The molecule has 5 nitrogen and oxygen atoms in total. The van der Waals surface area contributed by atoms with Crippen molar-refractivity contribution in [3.8, 4) is 0 Å². The third-order valence-corrected chi connectivity index (χ3v) is 2.57. The quantitative estimate of drug-likeness (QED) is 0.522. The first-order valence-electron chi connectivity index (χ1n) is 5.76. The fourth-order valence-corrected chi connectivity index (χ4v) is 1.71. The van der Waals surface area contributed by atoms with E-state index in [9.17, 15) is 9.59 Å². The second-order valence-electron chi connectivity index (χ2n) is 3.70. The van der Waals surface area contributed by atoms with Gasteiger partial charge in [-0.2, -0.15) is 0 Å². The van der Waals surface area contributed by atoms with Crippen LogP contribution in [0.1, 0.15) is 26.7 Å². The van der Waals surface area contributed by atoms with Crippen LogP contribution in [0.4, 0.5) is 0 Å². The zero-order chi connectivity index (χ0) is 12.0. The molecule has 0 radical (unpaired) electrons. The van der Waals surface area contributed by atoms with Crippen molar-refractivity contribution in [1.29, 1.82) is 0 Å². The van der Waals surface area contributed by atoms with Crippen LogP contribution in [0.3, 0.4) is 0 Å². The number of hydrogen-bond donors (Lipinski definition) is 0. The van der Waals surface area contributed by atoms with Gasteiger partial charge in [-0.05, 0) is 26.7 Å². The summed E-state index contributed by atoms with van der Waals surface area (Å²) in [6.07, 6.45) is 2.04. The summed E-state index contributed by atoms with van der Waals surface area (Å²) in [4.78, 5) is 24.4. The normalized spacial score (nSPS) is 19.5. The second-order valence-corrected chi connectivity index (χ2v) is 3.70. The largest absolute Gasteiger partial charge is 0.459 e. The Balaban J connectivity index is 2.45. The molecule has 5 heteroatoms. The van der Waals surface area contributed by atoms with Gasteiger partial charge in [-0.25, -0.2) is 4.79 Å². The van der Waals surface area contributed by atoms with E-state index in [2.05, 4.69) is 4.74 Å². The molecule has 1 amide bonds. The summed E-state index contributed by atoms with van der Waals surface area (Å²) in [5.41, 5.74) is 0. The van der Waals surface area contributed by atoms with E-state index in [0.29, 0.717) is 13.1 Å². The Morgan fingerprint density at radius 2 is 2.19 bits per heavy atom. The molecule has 0 N–H and O–H groups in total. The average molecular weight is 229 g/mol. The minimum Gasteiger partial charge on any atom is -0.459 e. The van der Waals surface area contributed by atoms with Gasteiger partial charge in [-0.1, -0.05) is 0 Å². The fraction of sp³-hybridized carbons (Fsp3) is 0.818. The number of hydrogen-bond acceptors (Lipinski definition) is 4. The zero-order valence-electron chi connectivity index (χ0n) is 9.90. The van der Waals surface area contributed by atoms with Crippen LogP contribution in [0, 0.1) is 0 Å². The van der Waals surface area contributed by atoms with Crippen LogP contribution in [0.15, 0.2) is 0 Å². The molecule has 1 unspecified atom stereocenters. The van der Waals surface area contributed by atoms with E-state index in [1.165, 1.54) is 4.90 Å². The van der Waals surface area contributed by atoms with Crippen LogP contribution < -0.4 is 0 Å². The Kier molecular flexibility index (Phi) is 5.25. The van der Waals surface area contributed by atoms with Crippen molar-refractivity contribution in [2.45, 2.75) is 32.8 Å². The molecule has 92 valence electrons. The molecule has 1 heterocycles. The Morgan fingerprint density at radius 1 is 1.44 bits per heavy atom. The van der Waals surface area contributed by atoms with E-state index in [1.54, 1.807) is 6.92 Å². The van der Waals surface area contributed by atoms with Gasteiger partial charge in [0.25, 0.3) is 0 Å². The number of rotatable bonds is 4. The molecule has 0 saturated carbocycles. The molecule has 16 heavy (non-hydrogen) atoms. The minimum atomic E-state index is -0.776. The monoisotopic (exact) mass is 229 g/mol. The van der Waals surface area contributed by atoms with E-state index >= 15 is 0 Å². The summed E-state index contributed by atoms with van der Waals surface area (Å²) in [7, 11) is 0. The van der Waals surface area contributed by atoms with Gasteiger partial charge < -0.3 is 14.4 Å². The summed E-state index contributed by atoms with van der Waals surface area (Å²) in [6, 6.07) is 0. The van der Waals surface area contributed by atoms with Gasteiger partial charge in [0.2, 0.25) is 0 Å². The van der Waals surface area contributed by atoms with Crippen molar-refractivity contribution in [2.24, 2.45) is 0 Å². The number of carbonyl (C=O) groups excluding carboxylic acids is 2.